The van der Waals surface area contributed by atoms with Gasteiger partial charge in [0, 0.05) is 13.0 Å². The van der Waals surface area contributed by atoms with Crippen LogP contribution in [0.4, 0.5) is 0 Å². The average molecular weight is 292 g/mol. The van der Waals surface area contributed by atoms with Crippen LogP contribution in [0.25, 0.3) is 0 Å². The van der Waals surface area contributed by atoms with Crippen LogP contribution in [-0.2, 0) is 19.1 Å². The first-order chi connectivity index (χ1) is 8.97. The normalized spacial score (nSPS) is 11.7. The van der Waals surface area contributed by atoms with Crippen molar-refractivity contribution in [2.75, 3.05) is 25.2 Å². The fourth-order valence-electron chi connectivity index (χ4n) is 1.16. The Morgan fingerprint density at radius 2 is 2.11 bits per heavy atom. The number of carbonyl (C=O) groups excluding carboxylic acids is 2. The van der Waals surface area contributed by atoms with Crippen molar-refractivity contribution in [3.63, 3.8) is 0 Å². The molecule has 110 valence electrons. The van der Waals surface area contributed by atoms with Crippen LogP contribution in [0.15, 0.2) is 0 Å². The van der Waals surface area contributed by atoms with Crippen LogP contribution in [0.2, 0.25) is 0 Å². The lowest BCUT2D eigenvalue weighted by molar-refractivity contribution is -0.142. The minimum Gasteiger partial charge on any atom is -0.481 e. The van der Waals surface area contributed by atoms with E-state index in [1.165, 1.54) is 18.9 Å². The second-order valence-corrected chi connectivity index (χ2v) is 4.92. The van der Waals surface area contributed by atoms with E-state index in [4.69, 9.17) is 10.8 Å². The van der Waals surface area contributed by atoms with Gasteiger partial charge in [-0.3, -0.25) is 14.4 Å². The monoisotopic (exact) mass is 292 g/mol. The van der Waals surface area contributed by atoms with E-state index in [1.54, 1.807) is 0 Å². The van der Waals surface area contributed by atoms with Crippen molar-refractivity contribution < 1.29 is 24.2 Å². The van der Waals surface area contributed by atoms with E-state index in [0.717, 1.165) is 0 Å². The Hall–Kier alpha value is -1.28. The number of nitrogens with one attached hydrogen (secondary N) is 1. The molecule has 1 atom stereocenters. The van der Waals surface area contributed by atoms with Crippen LogP contribution < -0.4 is 11.1 Å². The van der Waals surface area contributed by atoms with E-state index in [1.807, 2.05) is 0 Å². The lowest BCUT2D eigenvalue weighted by Gasteiger charge is -2.08. The number of hydrogen-bond acceptors (Lipinski definition) is 6. The largest absolute Gasteiger partial charge is 0.481 e. The number of hydrogen-bond donors (Lipinski definition) is 3. The Morgan fingerprint density at radius 1 is 1.42 bits per heavy atom. The number of carbonyl (C=O) groups is 3. The summed E-state index contributed by atoms with van der Waals surface area (Å²) in [5.41, 5.74) is 5.53. The Bertz CT molecular complexity index is 311. The third-order valence-corrected chi connectivity index (χ3v) is 3.19. The van der Waals surface area contributed by atoms with E-state index in [9.17, 15) is 14.4 Å². The van der Waals surface area contributed by atoms with E-state index < -0.39 is 18.0 Å². The van der Waals surface area contributed by atoms with Crippen molar-refractivity contribution in [3.05, 3.63) is 0 Å². The molecule has 19 heavy (non-hydrogen) atoms. The highest BCUT2D eigenvalue weighted by Crippen LogP contribution is 2.04. The van der Waals surface area contributed by atoms with Gasteiger partial charge in [-0.2, -0.15) is 11.8 Å². The zero-order valence-electron chi connectivity index (χ0n) is 10.9. The van der Waals surface area contributed by atoms with Crippen LogP contribution in [0.1, 0.15) is 19.3 Å². The predicted molar refractivity (Wildman–Crippen MR) is 71.8 cm³/mol. The number of aliphatic carboxylic acids is 1. The Morgan fingerprint density at radius 3 is 2.68 bits per heavy atom. The molecule has 0 aromatic heterocycles. The highest BCUT2D eigenvalue weighted by atomic mass is 32.2. The fourth-order valence-corrected chi connectivity index (χ4v) is 2.02. The number of carboxylic acids is 1. The molecule has 0 aromatic rings. The van der Waals surface area contributed by atoms with E-state index >= 15 is 0 Å². The number of ether oxygens (including phenoxy) is 1. The SMILES string of the molecule is COC(=O)C(N)CCSCC(=O)NCCCC(=O)O. The number of thioether (sulfide) groups is 1. The smallest absolute Gasteiger partial charge is 0.322 e. The fraction of sp³-hybridized carbons (Fsp3) is 0.727. The molecule has 0 aliphatic rings. The molecule has 4 N–H and O–H groups in total. The molecule has 0 spiro atoms. The van der Waals surface area contributed by atoms with Crippen molar-refractivity contribution >= 4 is 29.6 Å². The summed E-state index contributed by atoms with van der Waals surface area (Å²) in [5, 5.41) is 11.0. The quantitative estimate of drug-likeness (QED) is 0.370. The molecule has 0 aliphatic heterocycles. The maximum atomic E-state index is 11.3. The van der Waals surface area contributed by atoms with Crippen LogP contribution in [0.3, 0.4) is 0 Å². The first kappa shape index (κ1) is 17.7. The molecule has 0 bridgehead atoms. The minimum absolute atomic E-state index is 0.0431. The number of nitrogens with two attached hydrogens (primary N) is 1. The van der Waals surface area contributed by atoms with Crippen LogP contribution in [0, 0.1) is 0 Å². The van der Waals surface area contributed by atoms with Crippen molar-refractivity contribution in [1.82, 2.24) is 5.32 Å². The highest BCUT2D eigenvalue weighted by molar-refractivity contribution is 7.99. The lowest BCUT2D eigenvalue weighted by Crippen LogP contribution is -2.32. The zero-order chi connectivity index (χ0) is 14.7. The lowest BCUT2D eigenvalue weighted by atomic mass is 10.2. The summed E-state index contributed by atoms with van der Waals surface area (Å²) in [6, 6.07) is -0.656. The zero-order valence-corrected chi connectivity index (χ0v) is 11.7. The minimum atomic E-state index is -0.875. The van der Waals surface area contributed by atoms with Crippen LogP contribution >= 0.6 is 11.8 Å². The molecule has 1 unspecified atom stereocenters. The number of methoxy groups -OCH3 is 1. The first-order valence-corrected chi connectivity index (χ1v) is 7.02. The molecule has 7 nitrogen and oxygen atoms in total. The molecular formula is C11H20N2O5S. The summed E-state index contributed by atoms with van der Waals surface area (Å²) >= 11 is 1.37. The summed E-state index contributed by atoms with van der Waals surface area (Å²) in [6.07, 6.45) is 0.907. The topological polar surface area (TPSA) is 119 Å². The molecule has 0 radical (unpaired) electrons. The van der Waals surface area contributed by atoms with Crippen LogP contribution in [-0.4, -0.2) is 54.2 Å². The third-order valence-electron chi connectivity index (χ3n) is 2.20. The standard InChI is InChI=1S/C11H20N2O5S/c1-18-11(17)8(12)4-6-19-7-9(14)13-5-2-3-10(15)16/h8H,2-7,12H2,1H3,(H,13,14)(H,15,16). The van der Waals surface area contributed by atoms with Crippen molar-refractivity contribution in [2.24, 2.45) is 5.73 Å². The van der Waals surface area contributed by atoms with Gasteiger partial charge < -0.3 is 20.9 Å². The number of rotatable bonds is 10. The third kappa shape index (κ3) is 10.3. The molecule has 0 aliphatic carbocycles. The predicted octanol–water partition coefficient (Wildman–Crippen LogP) is -0.409. The Labute approximate surface area is 116 Å². The van der Waals surface area contributed by atoms with E-state index in [0.29, 0.717) is 25.1 Å². The summed E-state index contributed by atoms with van der Waals surface area (Å²) < 4.78 is 4.47. The van der Waals surface area contributed by atoms with Gasteiger partial charge in [0.05, 0.1) is 12.9 Å². The van der Waals surface area contributed by atoms with Crippen LogP contribution in [0.5, 0.6) is 0 Å². The van der Waals surface area contributed by atoms with Crippen molar-refractivity contribution in [1.29, 1.82) is 0 Å². The molecule has 1 amide bonds. The second-order valence-electron chi connectivity index (χ2n) is 3.82. The van der Waals surface area contributed by atoms with Gasteiger partial charge in [-0.1, -0.05) is 0 Å². The molecule has 0 rings (SSSR count). The van der Waals surface area contributed by atoms with Gasteiger partial charge in [-0.15, -0.1) is 0 Å². The molecule has 8 heteroatoms. The van der Waals surface area contributed by atoms with Gasteiger partial charge in [0.1, 0.15) is 6.04 Å². The number of carboxylic acid groups (broad SMARTS) is 1. The maximum absolute atomic E-state index is 11.3. The molecule has 0 heterocycles. The summed E-state index contributed by atoms with van der Waals surface area (Å²) in [5.74, 6) is -0.638. The maximum Gasteiger partial charge on any atom is 0.322 e. The summed E-state index contributed by atoms with van der Waals surface area (Å²) in [7, 11) is 1.28. The summed E-state index contributed by atoms with van der Waals surface area (Å²) in [6.45, 7) is 0.355. The van der Waals surface area contributed by atoms with Gasteiger partial charge >= 0.3 is 11.9 Å². The molecule has 0 saturated carbocycles. The van der Waals surface area contributed by atoms with Gasteiger partial charge in [0.25, 0.3) is 0 Å². The second kappa shape index (κ2) is 10.6. The molecule has 0 saturated heterocycles. The highest BCUT2D eigenvalue weighted by Gasteiger charge is 2.13. The van der Waals surface area contributed by atoms with E-state index in [-0.39, 0.29) is 18.1 Å². The summed E-state index contributed by atoms with van der Waals surface area (Å²) in [4.78, 5) is 32.5. The van der Waals surface area contributed by atoms with Gasteiger partial charge in [-0.25, -0.2) is 0 Å². The van der Waals surface area contributed by atoms with Crippen molar-refractivity contribution in [3.8, 4) is 0 Å². The molecule has 0 aromatic carbocycles. The average Bonchev–Trinajstić information content (AvgIpc) is 2.38. The Kier molecular flexibility index (Phi) is 9.91. The van der Waals surface area contributed by atoms with Crippen molar-refractivity contribution in [2.45, 2.75) is 25.3 Å². The number of amides is 1. The van der Waals surface area contributed by atoms with E-state index in [2.05, 4.69) is 10.1 Å². The number of esters is 1. The molecule has 0 fully saturated rings. The first-order valence-electron chi connectivity index (χ1n) is 5.87. The van der Waals surface area contributed by atoms with Gasteiger partial charge in [0.2, 0.25) is 5.91 Å². The molecular weight excluding hydrogens is 272 g/mol. The van der Waals surface area contributed by atoms with Gasteiger partial charge in [0.15, 0.2) is 0 Å². The Balaban J connectivity index is 3.48. The van der Waals surface area contributed by atoms with Gasteiger partial charge in [-0.05, 0) is 18.6 Å².